The van der Waals surface area contributed by atoms with E-state index in [4.69, 9.17) is 11.6 Å². The Morgan fingerprint density at radius 3 is 2.58 bits per heavy atom. The van der Waals surface area contributed by atoms with E-state index in [2.05, 4.69) is 6.92 Å². The summed E-state index contributed by atoms with van der Waals surface area (Å²) in [5.41, 5.74) is 1.02. The van der Waals surface area contributed by atoms with Gasteiger partial charge in [0.25, 0.3) is 0 Å². The van der Waals surface area contributed by atoms with Crippen LogP contribution in [0.15, 0.2) is 18.2 Å². The fourth-order valence-corrected chi connectivity index (χ4v) is 1.26. The zero-order valence-electron chi connectivity index (χ0n) is 7.11. The number of aryl methyl sites for hydroxylation is 1. The van der Waals surface area contributed by atoms with Crippen molar-refractivity contribution in [3.8, 4) is 0 Å². The number of halogens is 2. The van der Waals surface area contributed by atoms with Crippen LogP contribution in [0.5, 0.6) is 0 Å². The van der Waals surface area contributed by atoms with Gasteiger partial charge in [0.1, 0.15) is 5.82 Å². The normalized spacial score (nSPS) is 9.25. The molecule has 68 valence electrons. The number of hydrogen-bond acceptors (Lipinski definition) is 1. The Balaban J connectivity index is 0.00000121. The van der Waals surface area contributed by atoms with Gasteiger partial charge in [-0.05, 0) is 24.1 Å². The van der Waals surface area contributed by atoms with Crippen LogP contribution in [0, 0.1) is 5.82 Å². The minimum Gasteiger partial charge on any atom is -0.344 e. The maximum Gasteiger partial charge on any atom is 0.124 e. The highest BCUT2D eigenvalue weighted by atomic mass is 35.5. The highest BCUT2D eigenvalue weighted by molar-refractivity contribution is 6.31. The van der Waals surface area contributed by atoms with E-state index in [9.17, 15) is 4.39 Å². The van der Waals surface area contributed by atoms with Gasteiger partial charge in [-0.3, -0.25) is 0 Å². The van der Waals surface area contributed by atoms with E-state index in [1.165, 1.54) is 12.1 Å². The summed E-state index contributed by atoms with van der Waals surface area (Å²) in [4.78, 5) is 0. The molecule has 0 aliphatic carbocycles. The van der Waals surface area contributed by atoms with Crippen molar-refractivity contribution in [2.45, 2.75) is 19.8 Å². The van der Waals surface area contributed by atoms with Gasteiger partial charge in [-0.25, -0.2) is 4.39 Å². The molecule has 0 heterocycles. The maximum atomic E-state index is 12.5. The average molecular weight is 190 g/mol. The molecular formula is C9H13ClFN. The summed E-state index contributed by atoms with van der Waals surface area (Å²) < 4.78 is 12.5. The summed E-state index contributed by atoms with van der Waals surface area (Å²) in [5.74, 6) is -0.269. The fourth-order valence-electron chi connectivity index (χ4n) is 0.994. The van der Waals surface area contributed by atoms with Crippen LogP contribution in [-0.4, -0.2) is 0 Å². The summed E-state index contributed by atoms with van der Waals surface area (Å²) in [6, 6.07) is 4.53. The smallest absolute Gasteiger partial charge is 0.124 e. The SMILES string of the molecule is CCCc1ccc(F)cc1Cl.N. The van der Waals surface area contributed by atoms with E-state index in [0.29, 0.717) is 5.02 Å². The van der Waals surface area contributed by atoms with Crippen LogP contribution < -0.4 is 6.15 Å². The first-order chi connectivity index (χ1) is 5.24. The van der Waals surface area contributed by atoms with Crippen molar-refractivity contribution in [2.24, 2.45) is 0 Å². The molecule has 12 heavy (non-hydrogen) atoms. The number of benzene rings is 1. The second-order valence-electron chi connectivity index (χ2n) is 2.49. The van der Waals surface area contributed by atoms with Gasteiger partial charge >= 0.3 is 0 Å². The third-order valence-electron chi connectivity index (χ3n) is 1.53. The van der Waals surface area contributed by atoms with Gasteiger partial charge in [-0.2, -0.15) is 0 Å². The Bertz CT molecular complexity index is 250. The Hall–Kier alpha value is -0.600. The summed E-state index contributed by atoms with van der Waals surface area (Å²) in [6.45, 7) is 2.07. The second kappa shape index (κ2) is 5.12. The van der Waals surface area contributed by atoms with E-state index < -0.39 is 0 Å². The van der Waals surface area contributed by atoms with Gasteiger partial charge in [-0.1, -0.05) is 31.0 Å². The Kier molecular flexibility index (Phi) is 4.86. The van der Waals surface area contributed by atoms with Gasteiger partial charge in [0.2, 0.25) is 0 Å². The van der Waals surface area contributed by atoms with Crippen molar-refractivity contribution >= 4 is 11.6 Å². The Labute approximate surface area is 77.1 Å². The van der Waals surface area contributed by atoms with Crippen molar-refractivity contribution in [2.75, 3.05) is 0 Å². The second-order valence-corrected chi connectivity index (χ2v) is 2.89. The monoisotopic (exact) mass is 189 g/mol. The van der Waals surface area contributed by atoms with Gasteiger partial charge < -0.3 is 6.15 Å². The Morgan fingerprint density at radius 2 is 2.08 bits per heavy atom. The number of hydrogen-bond donors (Lipinski definition) is 1. The number of rotatable bonds is 2. The predicted octanol–water partition coefficient (Wildman–Crippen LogP) is 3.59. The molecule has 0 aliphatic heterocycles. The molecular weight excluding hydrogens is 177 g/mol. The molecule has 1 aromatic rings. The largest absolute Gasteiger partial charge is 0.344 e. The van der Waals surface area contributed by atoms with Crippen molar-refractivity contribution in [1.29, 1.82) is 0 Å². The fraction of sp³-hybridized carbons (Fsp3) is 0.333. The third-order valence-corrected chi connectivity index (χ3v) is 1.89. The molecule has 0 radical (unpaired) electrons. The molecule has 1 nitrogen and oxygen atoms in total. The molecule has 0 unspecified atom stereocenters. The van der Waals surface area contributed by atoms with Crippen molar-refractivity contribution < 1.29 is 4.39 Å². The molecule has 0 fully saturated rings. The molecule has 0 aromatic heterocycles. The third kappa shape index (κ3) is 2.80. The zero-order valence-corrected chi connectivity index (χ0v) is 7.87. The lowest BCUT2D eigenvalue weighted by Gasteiger charge is -2.00. The topological polar surface area (TPSA) is 35.0 Å². The predicted molar refractivity (Wildman–Crippen MR) is 50.4 cm³/mol. The first kappa shape index (κ1) is 11.4. The quantitative estimate of drug-likeness (QED) is 0.758. The minimum absolute atomic E-state index is 0. The molecule has 0 spiro atoms. The minimum atomic E-state index is -0.269. The van der Waals surface area contributed by atoms with E-state index in [1.807, 2.05) is 0 Å². The van der Waals surface area contributed by atoms with Crippen LogP contribution in [0.25, 0.3) is 0 Å². The first-order valence-electron chi connectivity index (χ1n) is 3.68. The highest BCUT2D eigenvalue weighted by Gasteiger charge is 1.99. The van der Waals surface area contributed by atoms with Crippen LogP contribution in [-0.2, 0) is 6.42 Å². The van der Waals surface area contributed by atoms with Crippen LogP contribution in [0.1, 0.15) is 18.9 Å². The van der Waals surface area contributed by atoms with Crippen molar-refractivity contribution in [1.82, 2.24) is 6.15 Å². The first-order valence-corrected chi connectivity index (χ1v) is 4.05. The molecule has 3 N–H and O–H groups in total. The molecule has 0 saturated heterocycles. The average Bonchev–Trinajstić information content (AvgIpc) is 1.95. The maximum absolute atomic E-state index is 12.5. The van der Waals surface area contributed by atoms with Crippen LogP contribution in [0.3, 0.4) is 0 Å². The van der Waals surface area contributed by atoms with Gasteiger partial charge in [0, 0.05) is 5.02 Å². The molecule has 0 bridgehead atoms. The standard InChI is InChI=1S/C9H10ClF.H3N/c1-2-3-7-4-5-8(11)6-9(7)10;/h4-6H,2-3H2,1H3;1H3. The summed E-state index contributed by atoms with van der Waals surface area (Å²) in [7, 11) is 0. The molecule has 1 rings (SSSR count). The molecule has 0 aliphatic rings. The van der Waals surface area contributed by atoms with Gasteiger partial charge in [0.15, 0.2) is 0 Å². The summed E-state index contributed by atoms with van der Waals surface area (Å²) in [6.07, 6.45) is 1.95. The van der Waals surface area contributed by atoms with Crippen molar-refractivity contribution in [3.63, 3.8) is 0 Å². The van der Waals surface area contributed by atoms with Crippen molar-refractivity contribution in [3.05, 3.63) is 34.6 Å². The zero-order chi connectivity index (χ0) is 8.27. The molecule has 3 heteroatoms. The summed E-state index contributed by atoms with van der Waals surface area (Å²) >= 11 is 5.77. The van der Waals surface area contributed by atoms with Gasteiger partial charge in [-0.15, -0.1) is 0 Å². The lowest BCUT2D eigenvalue weighted by atomic mass is 10.1. The van der Waals surface area contributed by atoms with Crippen LogP contribution >= 0.6 is 11.6 Å². The van der Waals surface area contributed by atoms with Crippen LogP contribution in [0.4, 0.5) is 4.39 Å². The van der Waals surface area contributed by atoms with E-state index in [-0.39, 0.29) is 12.0 Å². The van der Waals surface area contributed by atoms with Gasteiger partial charge in [0.05, 0.1) is 0 Å². The van der Waals surface area contributed by atoms with E-state index >= 15 is 0 Å². The Morgan fingerprint density at radius 1 is 1.42 bits per heavy atom. The highest BCUT2D eigenvalue weighted by Crippen LogP contribution is 2.18. The lowest BCUT2D eigenvalue weighted by molar-refractivity contribution is 0.627. The van der Waals surface area contributed by atoms with Crippen LogP contribution in [0.2, 0.25) is 5.02 Å². The molecule has 0 saturated carbocycles. The molecule has 1 aromatic carbocycles. The summed E-state index contributed by atoms with van der Waals surface area (Å²) in [5, 5.41) is 0.534. The van der Waals surface area contributed by atoms with E-state index in [0.717, 1.165) is 18.4 Å². The molecule has 0 amide bonds. The lowest BCUT2D eigenvalue weighted by Crippen LogP contribution is -1.85. The van der Waals surface area contributed by atoms with E-state index in [1.54, 1.807) is 6.07 Å². The molecule has 0 atom stereocenters.